The number of amides is 2. The molecule has 0 N–H and O–H groups in total. The molecule has 1 radical (unpaired) electrons. The third kappa shape index (κ3) is 8.33. The third-order valence-corrected chi connectivity index (χ3v) is 3.09. The molecule has 3 rings (SSSR count). The van der Waals surface area contributed by atoms with Crippen LogP contribution in [0.1, 0.15) is 21.0 Å². The fourth-order valence-corrected chi connectivity index (χ4v) is 1.97. The molecule has 1 aromatic carbocycles. The molecule has 2 amide bonds. The van der Waals surface area contributed by atoms with Gasteiger partial charge in [-0.05, 0) is 24.3 Å². The van der Waals surface area contributed by atoms with Gasteiger partial charge < -0.3 is 40.8 Å². The van der Waals surface area contributed by atoms with Gasteiger partial charge in [0.25, 0.3) is 0 Å². The second-order valence-electron chi connectivity index (χ2n) is 4.83. The minimum Gasteiger partial charge on any atom is -0.622 e. The maximum absolute atomic E-state index is 12.2. The summed E-state index contributed by atoms with van der Waals surface area (Å²) >= 11 is 0. The maximum atomic E-state index is 12.2. The van der Waals surface area contributed by atoms with Crippen LogP contribution in [0.4, 0.5) is 11.4 Å². The number of nitroso groups, excluding NO2 is 1. The summed E-state index contributed by atoms with van der Waals surface area (Å²) in [6.07, 6.45) is 3.03. The van der Waals surface area contributed by atoms with Crippen molar-refractivity contribution >= 4 is 23.2 Å². The number of hydrogen-bond donors (Lipinski definition) is 0. The second-order valence-corrected chi connectivity index (χ2v) is 4.83. The molecule has 0 bridgehead atoms. The van der Waals surface area contributed by atoms with Gasteiger partial charge in [-0.25, -0.2) is 0 Å². The Bertz CT molecular complexity index is 858. The van der Waals surface area contributed by atoms with E-state index >= 15 is 0 Å². The molecule has 12 heteroatoms. The Morgan fingerprint density at radius 1 is 0.767 bits per heavy atom. The van der Waals surface area contributed by atoms with Crippen molar-refractivity contribution in [3.05, 3.63) is 116 Å². The van der Waals surface area contributed by atoms with Crippen LogP contribution in [0.2, 0.25) is 0 Å². The van der Waals surface area contributed by atoms with E-state index in [4.69, 9.17) is 20.6 Å². The van der Waals surface area contributed by atoms with E-state index in [9.17, 15) is 9.59 Å². The Kier molecular flexibility index (Phi) is 13.0. The first kappa shape index (κ1) is 26.0. The Hall–Kier alpha value is -4.02. The first-order valence-electron chi connectivity index (χ1n) is 7.72. The number of aromatic nitrogens is 2. The van der Waals surface area contributed by atoms with E-state index < -0.39 is 11.8 Å². The Balaban J connectivity index is 0.00000129. The predicted molar refractivity (Wildman–Crippen MR) is 106 cm³/mol. The Morgan fingerprint density at radius 2 is 1.10 bits per heavy atom. The molecule has 30 heavy (non-hydrogen) atoms. The molecule has 0 saturated heterocycles. The summed E-state index contributed by atoms with van der Waals surface area (Å²) < 4.78 is 0. The molecule has 0 saturated carbocycles. The van der Waals surface area contributed by atoms with Crippen LogP contribution in [-0.4, -0.2) is 21.8 Å². The monoisotopic (exact) mass is 448 g/mol. The van der Waals surface area contributed by atoms with Gasteiger partial charge in [0.05, 0.1) is 11.4 Å². The van der Waals surface area contributed by atoms with Crippen molar-refractivity contribution in [2.45, 2.75) is 0 Å². The van der Waals surface area contributed by atoms with Crippen LogP contribution in [0.5, 0.6) is 0 Å². The first-order valence-corrected chi connectivity index (χ1v) is 7.72. The zero-order valence-corrected chi connectivity index (χ0v) is 16.1. The van der Waals surface area contributed by atoms with Crippen LogP contribution in [0, 0.1) is 15.0 Å². The number of carbonyl (C=O) groups is 2. The Labute approximate surface area is 181 Å². The summed E-state index contributed by atoms with van der Waals surface area (Å²) in [5.41, 5.74) is 6.81. The van der Waals surface area contributed by atoms with Crippen LogP contribution in [0.25, 0.3) is 16.2 Å². The van der Waals surface area contributed by atoms with Crippen molar-refractivity contribution in [1.82, 2.24) is 9.97 Å². The summed E-state index contributed by atoms with van der Waals surface area (Å²) in [7, 11) is 0. The molecule has 11 nitrogen and oxygen atoms in total. The molecule has 0 atom stereocenters. The smallest absolute Gasteiger partial charge is 0.622 e. The van der Waals surface area contributed by atoms with Crippen molar-refractivity contribution in [2.24, 2.45) is 5.34 Å². The fraction of sp³-hybridized carbons (Fsp3) is 0. The van der Waals surface area contributed by atoms with Crippen molar-refractivity contribution in [3.8, 4) is 0 Å². The molecule has 3 aromatic rings. The molecule has 2 heterocycles. The zero-order chi connectivity index (χ0) is 21.5. The zero-order valence-electron chi connectivity index (χ0n) is 15.0. The van der Waals surface area contributed by atoms with E-state index in [0.717, 1.165) is 5.34 Å². The molecule has 0 unspecified atom stereocenters. The van der Waals surface area contributed by atoms with Crippen molar-refractivity contribution in [2.75, 3.05) is 0 Å². The summed E-state index contributed by atoms with van der Waals surface area (Å²) in [5, 5.41) is 17.0. The van der Waals surface area contributed by atoms with Gasteiger partial charge in [-0.1, -0.05) is 36.4 Å². The normalized spacial score (nSPS) is 8.53. The van der Waals surface area contributed by atoms with Gasteiger partial charge in [0.2, 0.25) is 0 Å². The average Bonchev–Trinajstić information content (AvgIpc) is 2.78. The summed E-state index contributed by atoms with van der Waals surface area (Å²) in [6, 6.07) is 16.7. The third-order valence-electron chi connectivity index (χ3n) is 3.09. The second kappa shape index (κ2) is 15.0. The van der Waals surface area contributed by atoms with Crippen molar-refractivity contribution in [3.63, 3.8) is 0 Å². The summed E-state index contributed by atoms with van der Waals surface area (Å²) in [4.78, 5) is 47.5. The molecule has 0 spiro atoms. The molecule has 0 aliphatic heterocycles. The van der Waals surface area contributed by atoms with Crippen molar-refractivity contribution < 1.29 is 26.7 Å². The Morgan fingerprint density at radius 3 is 1.40 bits per heavy atom. The van der Waals surface area contributed by atoms with Gasteiger partial charge in [0.15, 0.2) is 0 Å². The van der Waals surface area contributed by atoms with Crippen LogP contribution >= 0.6 is 0 Å². The fourth-order valence-electron chi connectivity index (χ4n) is 1.97. The molecular weight excluding hydrogens is 436 g/mol. The quantitative estimate of drug-likeness (QED) is 0.314. The van der Waals surface area contributed by atoms with Gasteiger partial charge in [-0.3, -0.25) is 9.97 Å². The van der Waals surface area contributed by atoms with E-state index in [2.05, 4.69) is 20.6 Å². The van der Waals surface area contributed by atoms with E-state index in [-0.39, 0.29) is 28.5 Å². The van der Waals surface area contributed by atoms with E-state index in [0.29, 0.717) is 11.4 Å². The maximum Gasteiger partial charge on any atom is 3.00 e. The number of para-hydroxylation sites is 2. The van der Waals surface area contributed by atoms with Gasteiger partial charge in [-0.2, -0.15) is 0 Å². The number of nitrogens with zero attached hydrogens (tertiary/aromatic N) is 6. The molecule has 0 fully saturated rings. The van der Waals surface area contributed by atoms with Crippen LogP contribution in [-0.2, 0) is 17.1 Å². The molecule has 153 valence electrons. The van der Waals surface area contributed by atoms with E-state index in [1.807, 2.05) is 0 Å². The van der Waals surface area contributed by atoms with Gasteiger partial charge in [0.1, 0.15) is 11.8 Å². The number of benzene rings is 1. The number of pyridine rings is 2. The largest absolute Gasteiger partial charge is 3.00 e. The topological polar surface area (TPSA) is 180 Å². The minimum absolute atomic E-state index is 0. The SMILES string of the molecule is O=C([N-]c1ccccc1[N-]C(=O)c1ccccn1)c1ccccn1.O=N[O-].[Fe+3].[N-]=O. The number of rotatable bonds is 4. The molecule has 0 aliphatic carbocycles. The predicted octanol–water partition coefficient (Wildman–Crippen LogP) is 4.74. The molecular formula is C18H12FeN6O5-. The summed E-state index contributed by atoms with van der Waals surface area (Å²) in [5.74, 6) is -0.993. The van der Waals surface area contributed by atoms with Gasteiger partial charge >= 0.3 is 17.1 Å². The van der Waals surface area contributed by atoms with Gasteiger partial charge in [0, 0.05) is 12.4 Å². The van der Waals surface area contributed by atoms with Gasteiger partial charge in [-0.15, -0.1) is 16.7 Å². The standard InChI is InChI=1S/C18H14N4O2.Fe.HNO2.NO/c23-17(15-9-3-5-11-19-15)21-13-7-1-2-8-14(13)22-18(24)16-10-4-6-12-20-16;;2-1-3;1-2/h1-12H,(H2,19,20,21,22,23,24);;(H,2,3);/q;+3;;-1/p-3. The number of hydrogen-bond acceptors (Lipinski definition) is 8. The van der Waals surface area contributed by atoms with Crippen LogP contribution in [0.15, 0.2) is 78.4 Å². The average molecular weight is 448 g/mol. The van der Waals surface area contributed by atoms with Crippen LogP contribution < -0.4 is 0 Å². The van der Waals surface area contributed by atoms with Crippen LogP contribution in [0.3, 0.4) is 0 Å². The molecule has 0 aliphatic rings. The van der Waals surface area contributed by atoms with E-state index in [1.54, 1.807) is 60.7 Å². The van der Waals surface area contributed by atoms with Crippen molar-refractivity contribution in [1.29, 1.82) is 0 Å². The molecule has 2 aromatic heterocycles. The first-order chi connectivity index (χ1) is 14.2. The minimum atomic E-state index is -0.497. The summed E-state index contributed by atoms with van der Waals surface area (Å²) in [6.45, 7) is 0. The van der Waals surface area contributed by atoms with E-state index in [1.165, 1.54) is 12.4 Å². The number of carbonyl (C=O) groups excluding carboxylic acids is 2.